The van der Waals surface area contributed by atoms with Gasteiger partial charge in [0.05, 0.1) is 26.9 Å². The van der Waals surface area contributed by atoms with Gasteiger partial charge in [-0.15, -0.1) is 0 Å². The van der Waals surface area contributed by atoms with E-state index in [1.54, 1.807) is 0 Å². The number of methoxy groups -OCH3 is 1. The first-order valence-electron chi connectivity index (χ1n) is 6.36. The average Bonchev–Trinajstić information content (AvgIpc) is 2.83. The fraction of sp³-hybridized carbons (Fsp3) is 0.750. The molecule has 106 valence electrons. The summed E-state index contributed by atoms with van der Waals surface area (Å²) in [4.78, 5) is 38.3. The molecule has 2 aliphatic heterocycles. The molecule has 0 aromatic carbocycles. The van der Waals surface area contributed by atoms with Crippen LogP contribution in [0.5, 0.6) is 0 Å². The molecular formula is C12H18N2O5. The lowest BCUT2D eigenvalue weighted by Crippen LogP contribution is -2.55. The minimum absolute atomic E-state index is 0.00349. The van der Waals surface area contributed by atoms with Gasteiger partial charge in [-0.1, -0.05) is 0 Å². The first-order valence-corrected chi connectivity index (χ1v) is 6.36. The van der Waals surface area contributed by atoms with Gasteiger partial charge in [-0.3, -0.25) is 9.59 Å². The number of carbonyl (C=O) groups excluding carboxylic acids is 3. The number of hydrogen-bond donors (Lipinski definition) is 0. The third kappa shape index (κ3) is 3.04. The lowest BCUT2D eigenvalue weighted by Gasteiger charge is -2.34. The topological polar surface area (TPSA) is 76.2 Å². The summed E-state index contributed by atoms with van der Waals surface area (Å²) in [5.41, 5.74) is 0. The van der Waals surface area contributed by atoms with Gasteiger partial charge < -0.3 is 19.3 Å². The standard InChI is InChI=1S/C12H18N2O5/c1-18-12(17)9-8-19-6-5-14(9)11(16)7-13-4-2-3-10(13)15/h9H,2-8H2,1H3. The van der Waals surface area contributed by atoms with E-state index in [-0.39, 0.29) is 25.0 Å². The largest absolute Gasteiger partial charge is 0.467 e. The zero-order valence-electron chi connectivity index (χ0n) is 11.0. The van der Waals surface area contributed by atoms with Crippen LogP contribution in [0.1, 0.15) is 12.8 Å². The molecule has 2 heterocycles. The molecule has 2 aliphatic rings. The molecule has 0 aliphatic carbocycles. The molecule has 0 spiro atoms. The third-order valence-corrected chi connectivity index (χ3v) is 3.42. The molecule has 0 N–H and O–H groups in total. The molecule has 2 fully saturated rings. The predicted octanol–water partition coefficient (Wildman–Crippen LogP) is -0.991. The Bertz CT molecular complexity index is 384. The number of morpholine rings is 1. The van der Waals surface area contributed by atoms with Crippen molar-refractivity contribution in [3.05, 3.63) is 0 Å². The van der Waals surface area contributed by atoms with Crippen LogP contribution in [0.3, 0.4) is 0 Å². The van der Waals surface area contributed by atoms with Gasteiger partial charge >= 0.3 is 5.97 Å². The number of nitrogens with zero attached hydrogens (tertiary/aromatic N) is 2. The smallest absolute Gasteiger partial charge is 0.331 e. The monoisotopic (exact) mass is 270 g/mol. The molecule has 1 unspecified atom stereocenters. The maximum absolute atomic E-state index is 12.2. The van der Waals surface area contributed by atoms with E-state index in [1.807, 2.05) is 0 Å². The molecule has 19 heavy (non-hydrogen) atoms. The van der Waals surface area contributed by atoms with Crippen molar-refractivity contribution >= 4 is 17.8 Å². The second-order valence-electron chi connectivity index (χ2n) is 4.62. The molecule has 0 aromatic rings. The summed E-state index contributed by atoms with van der Waals surface area (Å²) in [5.74, 6) is -0.717. The Hall–Kier alpha value is -1.63. The summed E-state index contributed by atoms with van der Waals surface area (Å²) in [5, 5.41) is 0. The molecule has 0 radical (unpaired) electrons. The van der Waals surface area contributed by atoms with Crippen LogP contribution >= 0.6 is 0 Å². The Labute approximate surface area is 111 Å². The van der Waals surface area contributed by atoms with E-state index >= 15 is 0 Å². The molecular weight excluding hydrogens is 252 g/mol. The fourth-order valence-corrected chi connectivity index (χ4v) is 2.36. The second-order valence-corrected chi connectivity index (χ2v) is 4.62. The van der Waals surface area contributed by atoms with E-state index < -0.39 is 12.0 Å². The Morgan fingerprint density at radius 2 is 2.21 bits per heavy atom. The minimum atomic E-state index is -0.705. The third-order valence-electron chi connectivity index (χ3n) is 3.42. The van der Waals surface area contributed by atoms with E-state index in [0.29, 0.717) is 26.1 Å². The van der Waals surface area contributed by atoms with Crippen molar-refractivity contribution < 1.29 is 23.9 Å². The Kier molecular flexibility index (Phi) is 4.36. The molecule has 0 saturated carbocycles. The van der Waals surface area contributed by atoms with E-state index in [4.69, 9.17) is 4.74 Å². The molecule has 0 aromatic heterocycles. The van der Waals surface area contributed by atoms with Gasteiger partial charge in [-0.2, -0.15) is 0 Å². The number of ether oxygens (including phenoxy) is 2. The normalized spacial score (nSPS) is 23.6. The van der Waals surface area contributed by atoms with Crippen molar-refractivity contribution in [1.29, 1.82) is 0 Å². The van der Waals surface area contributed by atoms with Crippen LogP contribution in [0, 0.1) is 0 Å². The van der Waals surface area contributed by atoms with Gasteiger partial charge in [-0.05, 0) is 6.42 Å². The maximum atomic E-state index is 12.2. The van der Waals surface area contributed by atoms with Gasteiger partial charge in [-0.25, -0.2) is 4.79 Å². The zero-order chi connectivity index (χ0) is 13.8. The highest BCUT2D eigenvalue weighted by Crippen LogP contribution is 2.13. The van der Waals surface area contributed by atoms with Crippen LogP contribution < -0.4 is 0 Å². The van der Waals surface area contributed by atoms with Gasteiger partial charge in [0.1, 0.15) is 0 Å². The number of rotatable bonds is 3. The van der Waals surface area contributed by atoms with E-state index in [0.717, 1.165) is 6.42 Å². The summed E-state index contributed by atoms with van der Waals surface area (Å²) in [6.07, 6.45) is 1.28. The predicted molar refractivity (Wildman–Crippen MR) is 64.2 cm³/mol. The number of likely N-dealkylation sites (tertiary alicyclic amines) is 1. The highest BCUT2D eigenvalue weighted by molar-refractivity contribution is 5.89. The van der Waals surface area contributed by atoms with Gasteiger partial charge in [0.2, 0.25) is 11.8 Å². The molecule has 2 amide bonds. The van der Waals surface area contributed by atoms with Gasteiger partial charge in [0.25, 0.3) is 0 Å². The summed E-state index contributed by atoms with van der Waals surface area (Å²) < 4.78 is 9.87. The van der Waals surface area contributed by atoms with Crippen molar-refractivity contribution in [1.82, 2.24) is 9.80 Å². The number of esters is 1. The Morgan fingerprint density at radius 1 is 1.42 bits per heavy atom. The van der Waals surface area contributed by atoms with Crippen molar-refractivity contribution in [2.24, 2.45) is 0 Å². The van der Waals surface area contributed by atoms with Crippen LogP contribution in [-0.2, 0) is 23.9 Å². The maximum Gasteiger partial charge on any atom is 0.331 e. The van der Waals surface area contributed by atoms with Gasteiger partial charge in [0, 0.05) is 19.5 Å². The molecule has 7 heteroatoms. The first-order chi connectivity index (χ1) is 9.13. The van der Waals surface area contributed by atoms with Crippen molar-refractivity contribution in [2.75, 3.05) is 40.0 Å². The quantitative estimate of drug-likeness (QED) is 0.615. The second kappa shape index (κ2) is 6.01. The zero-order valence-corrected chi connectivity index (χ0v) is 11.0. The Morgan fingerprint density at radius 3 is 2.84 bits per heavy atom. The Balaban J connectivity index is 1.99. The van der Waals surface area contributed by atoms with Crippen molar-refractivity contribution in [3.8, 4) is 0 Å². The lowest BCUT2D eigenvalue weighted by molar-refractivity contribution is -0.161. The highest BCUT2D eigenvalue weighted by atomic mass is 16.5. The minimum Gasteiger partial charge on any atom is -0.467 e. The molecule has 0 bridgehead atoms. The summed E-state index contributed by atoms with van der Waals surface area (Å²) in [6, 6.07) is -0.705. The molecule has 1 atom stereocenters. The summed E-state index contributed by atoms with van der Waals surface area (Å²) in [7, 11) is 1.28. The van der Waals surface area contributed by atoms with Crippen LogP contribution in [0.4, 0.5) is 0 Å². The van der Waals surface area contributed by atoms with E-state index in [2.05, 4.69) is 4.74 Å². The lowest BCUT2D eigenvalue weighted by atomic mass is 10.2. The number of amides is 2. The summed E-state index contributed by atoms with van der Waals surface area (Å²) in [6.45, 7) is 1.53. The van der Waals surface area contributed by atoms with E-state index in [9.17, 15) is 14.4 Å². The fourth-order valence-electron chi connectivity index (χ4n) is 2.36. The van der Waals surface area contributed by atoms with E-state index in [1.165, 1.54) is 16.9 Å². The molecule has 7 nitrogen and oxygen atoms in total. The van der Waals surface area contributed by atoms with Crippen molar-refractivity contribution in [2.45, 2.75) is 18.9 Å². The van der Waals surface area contributed by atoms with Crippen LogP contribution in [0.2, 0.25) is 0 Å². The SMILES string of the molecule is COC(=O)C1COCCN1C(=O)CN1CCCC1=O. The number of hydrogen-bond acceptors (Lipinski definition) is 5. The van der Waals surface area contributed by atoms with Crippen molar-refractivity contribution in [3.63, 3.8) is 0 Å². The summed E-state index contributed by atoms with van der Waals surface area (Å²) >= 11 is 0. The first kappa shape index (κ1) is 13.8. The molecule has 2 saturated heterocycles. The highest BCUT2D eigenvalue weighted by Gasteiger charge is 2.35. The average molecular weight is 270 g/mol. The van der Waals surface area contributed by atoms with Crippen LogP contribution in [0.25, 0.3) is 0 Å². The van der Waals surface area contributed by atoms with Gasteiger partial charge in [0.15, 0.2) is 6.04 Å². The molecule has 2 rings (SSSR count). The number of carbonyl (C=O) groups is 3. The van der Waals surface area contributed by atoms with Crippen LogP contribution in [-0.4, -0.2) is 73.6 Å². The van der Waals surface area contributed by atoms with Crippen LogP contribution in [0.15, 0.2) is 0 Å².